The highest BCUT2D eigenvalue weighted by Crippen LogP contribution is 2.33. The zero-order valence-electron chi connectivity index (χ0n) is 11.5. The Morgan fingerprint density at radius 2 is 1.89 bits per heavy atom. The Hall–Kier alpha value is -1.48. The smallest absolute Gasteiger partial charge is 0.0890 e. The summed E-state index contributed by atoms with van der Waals surface area (Å²) < 4.78 is 0. The third-order valence-electron chi connectivity index (χ3n) is 4.29. The van der Waals surface area contributed by atoms with Gasteiger partial charge in [-0.2, -0.15) is 0 Å². The van der Waals surface area contributed by atoms with Crippen LogP contribution in [0.15, 0.2) is 30.6 Å². The highest BCUT2D eigenvalue weighted by Gasteiger charge is 2.20. The van der Waals surface area contributed by atoms with Gasteiger partial charge in [0.1, 0.15) is 0 Å². The minimum atomic E-state index is 0.439. The van der Waals surface area contributed by atoms with Crippen LogP contribution in [0.1, 0.15) is 43.7 Å². The molecule has 0 radical (unpaired) electrons. The molecule has 3 nitrogen and oxygen atoms in total. The van der Waals surface area contributed by atoms with Crippen LogP contribution in [0.2, 0.25) is 0 Å². The molecule has 1 unspecified atom stereocenters. The summed E-state index contributed by atoms with van der Waals surface area (Å²) >= 11 is 0. The van der Waals surface area contributed by atoms with Crippen molar-refractivity contribution < 1.29 is 0 Å². The van der Waals surface area contributed by atoms with Gasteiger partial charge < -0.3 is 5.32 Å². The van der Waals surface area contributed by atoms with E-state index in [9.17, 15) is 0 Å². The van der Waals surface area contributed by atoms with Crippen molar-refractivity contribution in [3.8, 4) is 0 Å². The van der Waals surface area contributed by atoms with Crippen LogP contribution in [0.4, 0.5) is 0 Å². The summed E-state index contributed by atoms with van der Waals surface area (Å²) in [5.41, 5.74) is 3.30. The number of hydrogen-bond donors (Lipinski definition) is 1. The molecule has 1 aliphatic rings. The predicted octanol–water partition coefficient (Wildman–Crippen LogP) is 3.47. The average molecular weight is 255 g/mol. The van der Waals surface area contributed by atoms with Gasteiger partial charge in [0.15, 0.2) is 0 Å². The van der Waals surface area contributed by atoms with E-state index in [1.165, 1.54) is 37.7 Å². The van der Waals surface area contributed by atoms with Crippen molar-refractivity contribution in [3.05, 3.63) is 36.2 Å². The third-order valence-corrected chi connectivity index (χ3v) is 4.29. The van der Waals surface area contributed by atoms with Crippen LogP contribution in [-0.2, 0) is 0 Å². The molecular formula is C16H21N3. The minimum absolute atomic E-state index is 0.439. The average Bonchev–Trinajstić information content (AvgIpc) is 2.97. The molecule has 1 heterocycles. The van der Waals surface area contributed by atoms with Crippen molar-refractivity contribution in [2.75, 3.05) is 7.05 Å². The van der Waals surface area contributed by atoms with Crippen LogP contribution in [-0.4, -0.2) is 17.0 Å². The molecule has 0 saturated heterocycles. The number of nitrogens with zero attached hydrogens (tertiary/aromatic N) is 2. The van der Waals surface area contributed by atoms with Gasteiger partial charge in [0.2, 0.25) is 0 Å². The molecule has 0 aliphatic heterocycles. The monoisotopic (exact) mass is 255 g/mol. The van der Waals surface area contributed by atoms with Crippen LogP contribution < -0.4 is 5.32 Å². The summed E-state index contributed by atoms with van der Waals surface area (Å²) in [7, 11) is 2.06. The number of hydrogen-bond acceptors (Lipinski definition) is 3. The third kappa shape index (κ3) is 2.76. The fraction of sp³-hybridized carbons (Fsp3) is 0.500. The number of rotatable bonds is 4. The molecule has 100 valence electrons. The molecule has 1 aromatic carbocycles. The predicted molar refractivity (Wildman–Crippen MR) is 77.9 cm³/mol. The van der Waals surface area contributed by atoms with Crippen LogP contribution in [0, 0.1) is 5.92 Å². The minimum Gasteiger partial charge on any atom is -0.313 e. The van der Waals surface area contributed by atoms with Crippen molar-refractivity contribution in [2.45, 2.75) is 38.1 Å². The Bertz CT molecular complexity index is 546. The molecule has 1 aliphatic carbocycles. The second-order valence-electron chi connectivity index (χ2n) is 5.53. The lowest BCUT2D eigenvalue weighted by atomic mass is 9.93. The molecular weight excluding hydrogens is 234 g/mol. The molecule has 3 rings (SSSR count). The molecule has 1 fully saturated rings. The largest absolute Gasteiger partial charge is 0.313 e. The van der Waals surface area contributed by atoms with E-state index in [1.54, 1.807) is 12.4 Å². The van der Waals surface area contributed by atoms with Gasteiger partial charge in [-0.1, -0.05) is 31.7 Å². The van der Waals surface area contributed by atoms with Crippen LogP contribution in [0.3, 0.4) is 0 Å². The molecule has 1 saturated carbocycles. The Labute approximate surface area is 114 Å². The van der Waals surface area contributed by atoms with E-state index in [1.807, 2.05) is 0 Å². The van der Waals surface area contributed by atoms with Crippen molar-refractivity contribution in [3.63, 3.8) is 0 Å². The second-order valence-corrected chi connectivity index (χ2v) is 5.53. The summed E-state index contributed by atoms with van der Waals surface area (Å²) in [5.74, 6) is 0.884. The maximum atomic E-state index is 4.40. The SMILES string of the molecule is CNC(CC1CCCC1)c1ccc2nccnc2c1. The first-order valence-electron chi connectivity index (χ1n) is 7.25. The van der Waals surface area contributed by atoms with Crippen molar-refractivity contribution in [1.82, 2.24) is 15.3 Å². The molecule has 19 heavy (non-hydrogen) atoms. The van der Waals surface area contributed by atoms with E-state index < -0.39 is 0 Å². The summed E-state index contributed by atoms with van der Waals surface area (Å²) in [6, 6.07) is 6.89. The lowest BCUT2D eigenvalue weighted by molar-refractivity contribution is 0.413. The highest BCUT2D eigenvalue weighted by molar-refractivity contribution is 5.74. The summed E-state index contributed by atoms with van der Waals surface area (Å²) in [6.07, 6.45) is 10.3. The van der Waals surface area contributed by atoms with E-state index in [4.69, 9.17) is 0 Å². The van der Waals surface area contributed by atoms with Gasteiger partial charge in [0.25, 0.3) is 0 Å². The van der Waals surface area contributed by atoms with Crippen molar-refractivity contribution in [1.29, 1.82) is 0 Å². The van der Waals surface area contributed by atoms with Crippen LogP contribution in [0.25, 0.3) is 11.0 Å². The van der Waals surface area contributed by atoms with Crippen molar-refractivity contribution >= 4 is 11.0 Å². The van der Waals surface area contributed by atoms with E-state index in [0.29, 0.717) is 6.04 Å². The summed E-state index contributed by atoms with van der Waals surface area (Å²) in [5, 5.41) is 3.46. The number of benzene rings is 1. The van der Waals surface area contributed by atoms with Crippen LogP contribution in [0.5, 0.6) is 0 Å². The molecule has 1 aromatic heterocycles. The number of aromatic nitrogens is 2. The molecule has 2 aromatic rings. The van der Waals surface area contributed by atoms with Gasteiger partial charge in [0, 0.05) is 18.4 Å². The van der Waals surface area contributed by atoms with Gasteiger partial charge in [-0.15, -0.1) is 0 Å². The maximum Gasteiger partial charge on any atom is 0.0890 e. The summed E-state index contributed by atoms with van der Waals surface area (Å²) in [6.45, 7) is 0. The maximum absolute atomic E-state index is 4.40. The first-order valence-corrected chi connectivity index (χ1v) is 7.25. The Kier molecular flexibility index (Phi) is 3.74. The lowest BCUT2D eigenvalue weighted by Gasteiger charge is -2.20. The van der Waals surface area contributed by atoms with Gasteiger partial charge in [-0.25, -0.2) is 0 Å². The van der Waals surface area contributed by atoms with E-state index >= 15 is 0 Å². The Balaban J connectivity index is 1.83. The Morgan fingerprint density at radius 1 is 1.16 bits per heavy atom. The number of nitrogens with one attached hydrogen (secondary N) is 1. The van der Waals surface area contributed by atoms with Gasteiger partial charge >= 0.3 is 0 Å². The van der Waals surface area contributed by atoms with E-state index in [2.05, 4.69) is 40.5 Å². The molecule has 1 N–H and O–H groups in total. The molecule has 0 spiro atoms. The first kappa shape index (κ1) is 12.5. The standard InChI is InChI=1S/C16H21N3/c1-17-15(10-12-4-2-3-5-12)13-6-7-14-16(11-13)19-9-8-18-14/h6-9,11-12,15,17H,2-5,10H2,1H3. The van der Waals surface area contributed by atoms with E-state index in [-0.39, 0.29) is 0 Å². The normalized spacial score (nSPS) is 17.9. The molecule has 3 heteroatoms. The van der Waals surface area contributed by atoms with Crippen LogP contribution >= 0.6 is 0 Å². The fourth-order valence-corrected chi connectivity index (χ4v) is 3.20. The molecule has 0 amide bonds. The Morgan fingerprint density at radius 3 is 2.63 bits per heavy atom. The lowest BCUT2D eigenvalue weighted by Crippen LogP contribution is -2.19. The first-order chi connectivity index (χ1) is 9.36. The number of fused-ring (bicyclic) bond motifs is 1. The quantitative estimate of drug-likeness (QED) is 0.909. The van der Waals surface area contributed by atoms with Crippen molar-refractivity contribution in [2.24, 2.45) is 5.92 Å². The van der Waals surface area contributed by atoms with Gasteiger partial charge in [-0.3, -0.25) is 9.97 Å². The summed E-state index contributed by atoms with van der Waals surface area (Å²) in [4.78, 5) is 8.73. The zero-order valence-corrected chi connectivity index (χ0v) is 11.5. The fourth-order valence-electron chi connectivity index (χ4n) is 3.20. The molecule has 0 bridgehead atoms. The van der Waals surface area contributed by atoms with Gasteiger partial charge in [-0.05, 0) is 37.1 Å². The van der Waals surface area contributed by atoms with Gasteiger partial charge in [0.05, 0.1) is 11.0 Å². The second kappa shape index (κ2) is 5.66. The topological polar surface area (TPSA) is 37.8 Å². The molecule has 1 atom stereocenters. The van der Waals surface area contributed by atoms with E-state index in [0.717, 1.165) is 17.0 Å². The zero-order chi connectivity index (χ0) is 13.1. The highest BCUT2D eigenvalue weighted by atomic mass is 14.9.